The molecule has 4 heteroatoms. The van der Waals surface area contributed by atoms with Crippen LogP contribution in [0.5, 0.6) is 0 Å². The van der Waals surface area contributed by atoms with Gasteiger partial charge in [-0.05, 0) is 99.1 Å². The Labute approximate surface area is 389 Å². The Balaban J connectivity index is 1.00. The molecule has 0 saturated heterocycles. The fourth-order valence-electron chi connectivity index (χ4n) is 10.6. The molecule has 14 rings (SSSR count). The van der Waals surface area contributed by atoms with Crippen LogP contribution < -0.4 is 4.90 Å². The van der Waals surface area contributed by atoms with Gasteiger partial charge in [0.2, 0.25) is 0 Å². The lowest BCUT2D eigenvalue weighted by Crippen LogP contribution is -2.11. The van der Waals surface area contributed by atoms with Crippen LogP contribution in [0.4, 0.5) is 17.1 Å². The van der Waals surface area contributed by atoms with E-state index in [0.717, 1.165) is 22.7 Å². The van der Waals surface area contributed by atoms with Gasteiger partial charge in [-0.25, -0.2) is 0 Å². The summed E-state index contributed by atoms with van der Waals surface area (Å²) in [4.78, 5) is 2.53. The van der Waals surface area contributed by atoms with Gasteiger partial charge in [0.1, 0.15) is 0 Å². The van der Waals surface area contributed by atoms with Gasteiger partial charge < -0.3 is 9.47 Å². The van der Waals surface area contributed by atoms with Crippen molar-refractivity contribution >= 4 is 123 Å². The highest BCUT2D eigenvalue weighted by Crippen LogP contribution is 2.51. The minimum atomic E-state index is 1.11. The Morgan fingerprint density at radius 2 is 0.909 bits per heavy atom. The van der Waals surface area contributed by atoms with E-state index in [-0.39, 0.29) is 0 Å². The molecule has 3 heterocycles. The minimum Gasteiger partial charge on any atom is -0.309 e. The predicted octanol–water partition coefficient (Wildman–Crippen LogP) is 18.6. The molecule has 0 radical (unpaired) electrons. The largest absolute Gasteiger partial charge is 0.309 e. The second kappa shape index (κ2) is 14.8. The Bertz CT molecular complexity index is 4190. The highest BCUT2D eigenvalue weighted by atomic mass is 32.1. The van der Waals surface area contributed by atoms with Crippen molar-refractivity contribution < 1.29 is 0 Å². The fourth-order valence-corrected chi connectivity index (χ4v) is 13.1. The van der Waals surface area contributed by atoms with Crippen molar-refractivity contribution in [3.05, 3.63) is 231 Å². The number of rotatable bonds is 6. The molecule has 0 unspecified atom stereocenters. The maximum atomic E-state index is 2.53. The first-order chi connectivity index (χ1) is 32.7. The van der Waals surface area contributed by atoms with Crippen molar-refractivity contribution in [2.75, 3.05) is 4.90 Å². The molecule has 11 aromatic carbocycles. The number of benzene rings is 11. The molecule has 66 heavy (non-hydrogen) atoms. The number of anilines is 3. The summed E-state index contributed by atoms with van der Waals surface area (Å²) in [6.07, 6.45) is 0. The molecular formula is C62H38N2S2. The van der Waals surface area contributed by atoms with Crippen molar-refractivity contribution in [2.24, 2.45) is 0 Å². The first kappa shape index (κ1) is 37.4. The molecule has 0 amide bonds. The van der Waals surface area contributed by atoms with Crippen molar-refractivity contribution in [1.82, 2.24) is 4.57 Å². The van der Waals surface area contributed by atoms with Gasteiger partial charge in [-0.2, -0.15) is 0 Å². The molecule has 0 atom stereocenters. The summed E-state index contributed by atoms with van der Waals surface area (Å²) in [6, 6.07) is 85.2. The van der Waals surface area contributed by atoms with Crippen LogP contribution in [0.1, 0.15) is 0 Å². The smallest absolute Gasteiger partial charge is 0.0555 e. The lowest BCUT2D eigenvalue weighted by atomic mass is 9.96. The third kappa shape index (κ3) is 5.66. The van der Waals surface area contributed by atoms with Crippen molar-refractivity contribution in [3.8, 4) is 27.9 Å². The molecule has 0 N–H and O–H groups in total. The summed E-state index contributed by atoms with van der Waals surface area (Å²) in [5, 5.41) is 12.6. The van der Waals surface area contributed by atoms with E-state index in [1.165, 1.54) is 106 Å². The van der Waals surface area contributed by atoms with E-state index >= 15 is 0 Å². The van der Waals surface area contributed by atoms with Crippen LogP contribution in [-0.2, 0) is 0 Å². The standard InChI is InChI=1S/C62H38N2S2/c1-2-18-44-41(15-1)38-57(48-20-4-3-19-47(44)48)63(42-33-31-39(32-34-42)45-25-14-26-52-51-23-7-11-29-58(51)65-61(45)52)56-36-35-46(62-60(56)53-24-8-12-30-59(53)66-62)40-16-13-17-43(37-40)64-54-27-9-5-21-49(54)50-22-6-10-28-55(50)64/h1-38H. The van der Waals surface area contributed by atoms with E-state index in [1.54, 1.807) is 0 Å². The van der Waals surface area contributed by atoms with E-state index in [2.05, 4.69) is 240 Å². The van der Waals surface area contributed by atoms with Crippen LogP contribution in [0.25, 0.3) is 112 Å². The van der Waals surface area contributed by atoms with Crippen molar-refractivity contribution in [1.29, 1.82) is 0 Å². The normalized spacial score (nSPS) is 11.9. The maximum absolute atomic E-state index is 2.53. The van der Waals surface area contributed by atoms with Gasteiger partial charge >= 0.3 is 0 Å². The zero-order valence-electron chi connectivity index (χ0n) is 35.7. The minimum absolute atomic E-state index is 1.11. The Hall–Kier alpha value is -8.02. The van der Waals surface area contributed by atoms with Crippen molar-refractivity contribution in [3.63, 3.8) is 0 Å². The van der Waals surface area contributed by atoms with Gasteiger partial charge in [0.15, 0.2) is 0 Å². The Kier molecular flexibility index (Phi) is 8.36. The van der Waals surface area contributed by atoms with Gasteiger partial charge in [0, 0.05) is 67.9 Å². The predicted molar refractivity (Wildman–Crippen MR) is 287 cm³/mol. The van der Waals surface area contributed by atoms with E-state index < -0.39 is 0 Å². The number of nitrogens with zero attached hydrogens (tertiary/aromatic N) is 2. The van der Waals surface area contributed by atoms with Crippen LogP contribution in [0, 0.1) is 0 Å². The zero-order chi connectivity index (χ0) is 43.3. The number of fused-ring (bicyclic) bond motifs is 12. The van der Waals surface area contributed by atoms with Crippen LogP contribution in [0.3, 0.4) is 0 Å². The molecule has 0 spiro atoms. The van der Waals surface area contributed by atoms with Gasteiger partial charge in [0.05, 0.1) is 22.4 Å². The molecule has 0 aliphatic heterocycles. The summed E-state index contributed by atoms with van der Waals surface area (Å²) in [7, 11) is 0. The Morgan fingerprint density at radius 1 is 0.333 bits per heavy atom. The van der Waals surface area contributed by atoms with E-state index in [0.29, 0.717) is 0 Å². The van der Waals surface area contributed by atoms with Crippen LogP contribution in [-0.4, -0.2) is 4.57 Å². The van der Waals surface area contributed by atoms with Gasteiger partial charge in [-0.15, -0.1) is 22.7 Å². The zero-order valence-corrected chi connectivity index (χ0v) is 37.3. The molecule has 0 aliphatic rings. The average molecular weight is 875 g/mol. The van der Waals surface area contributed by atoms with E-state index in [9.17, 15) is 0 Å². The summed E-state index contributed by atoms with van der Waals surface area (Å²) in [5.41, 5.74) is 11.9. The van der Waals surface area contributed by atoms with Gasteiger partial charge in [-0.1, -0.05) is 170 Å². The molecule has 0 saturated carbocycles. The highest BCUT2D eigenvalue weighted by Gasteiger charge is 2.24. The molecule has 0 aliphatic carbocycles. The first-order valence-corrected chi connectivity index (χ1v) is 24.1. The van der Waals surface area contributed by atoms with Crippen LogP contribution in [0.15, 0.2) is 231 Å². The highest BCUT2D eigenvalue weighted by molar-refractivity contribution is 7.26. The molecule has 14 aromatic rings. The quantitative estimate of drug-likeness (QED) is 0.151. The van der Waals surface area contributed by atoms with E-state index in [4.69, 9.17) is 0 Å². The topological polar surface area (TPSA) is 8.17 Å². The molecule has 308 valence electrons. The summed E-state index contributed by atoms with van der Waals surface area (Å²) in [6.45, 7) is 0. The second-order valence-corrected chi connectivity index (χ2v) is 19.3. The first-order valence-electron chi connectivity index (χ1n) is 22.5. The third-order valence-corrected chi connectivity index (χ3v) is 16.0. The van der Waals surface area contributed by atoms with Crippen molar-refractivity contribution in [2.45, 2.75) is 0 Å². The van der Waals surface area contributed by atoms with E-state index in [1.807, 2.05) is 22.7 Å². The Morgan fingerprint density at radius 3 is 1.68 bits per heavy atom. The molecule has 0 bridgehead atoms. The number of hydrogen-bond donors (Lipinski definition) is 0. The lowest BCUT2D eigenvalue weighted by molar-refractivity contribution is 1.18. The molecule has 2 nitrogen and oxygen atoms in total. The van der Waals surface area contributed by atoms with Crippen LogP contribution in [0.2, 0.25) is 0 Å². The number of para-hydroxylation sites is 2. The SMILES string of the molecule is c1cc(-c2ccc(N(c3ccc(-c4cccc5c4sc4ccccc45)cc3)c3cc4ccccc4c4ccccc34)c3c2sc2ccccc23)cc(-n2c3ccccc3c3ccccc32)c1. The molecular weight excluding hydrogens is 837 g/mol. The number of aromatic nitrogens is 1. The molecule has 3 aromatic heterocycles. The van der Waals surface area contributed by atoms with Crippen LogP contribution >= 0.6 is 22.7 Å². The fraction of sp³-hybridized carbons (Fsp3) is 0. The monoisotopic (exact) mass is 874 g/mol. The average Bonchev–Trinajstić information content (AvgIpc) is 4.07. The third-order valence-electron chi connectivity index (χ3n) is 13.6. The van der Waals surface area contributed by atoms with Gasteiger partial charge in [0.25, 0.3) is 0 Å². The molecule has 0 fully saturated rings. The lowest BCUT2D eigenvalue weighted by Gasteiger charge is -2.29. The summed E-state index contributed by atoms with van der Waals surface area (Å²) in [5.74, 6) is 0. The summed E-state index contributed by atoms with van der Waals surface area (Å²) >= 11 is 3.77. The second-order valence-electron chi connectivity index (χ2n) is 17.2. The maximum Gasteiger partial charge on any atom is 0.0555 e. The number of thiophene rings is 2. The summed E-state index contributed by atoms with van der Waals surface area (Å²) < 4.78 is 7.61. The number of hydrogen-bond acceptors (Lipinski definition) is 3. The van der Waals surface area contributed by atoms with Gasteiger partial charge in [-0.3, -0.25) is 0 Å².